The van der Waals surface area contributed by atoms with Gasteiger partial charge < -0.3 is 25.2 Å². The van der Waals surface area contributed by atoms with E-state index in [1.54, 1.807) is 6.92 Å². The van der Waals surface area contributed by atoms with Crippen molar-refractivity contribution in [2.24, 2.45) is 0 Å². The number of ether oxygens (including phenoxy) is 1. The van der Waals surface area contributed by atoms with Gasteiger partial charge in [-0.3, -0.25) is 4.57 Å². The number of hydrogen-bond acceptors (Lipinski definition) is 5. The SMILES string of the molecule is C[C@]12C[C@H](O)[C@](CCO)(O1)c1c2c(O)n(-c2ccc(F)c(Cl)c2)c1O. The van der Waals surface area contributed by atoms with E-state index in [4.69, 9.17) is 16.3 Å². The predicted octanol–water partition coefficient (Wildman–Crippen LogP) is 2.27. The first-order valence-corrected chi connectivity index (χ1v) is 8.25. The third-order valence-corrected chi connectivity index (χ3v) is 5.54. The minimum atomic E-state index is -1.30. The summed E-state index contributed by atoms with van der Waals surface area (Å²) < 4.78 is 20.6. The summed E-state index contributed by atoms with van der Waals surface area (Å²) in [6.07, 6.45) is -0.644. The molecule has 1 aromatic carbocycles. The second-order valence-corrected chi connectivity index (χ2v) is 7.15. The molecule has 4 N–H and O–H groups in total. The van der Waals surface area contributed by atoms with E-state index in [2.05, 4.69) is 0 Å². The summed E-state index contributed by atoms with van der Waals surface area (Å²) in [5.74, 6) is -1.21. The van der Waals surface area contributed by atoms with E-state index in [9.17, 15) is 24.8 Å². The third-order valence-electron chi connectivity index (χ3n) is 5.25. The van der Waals surface area contributed by atoms with Crippen LogP contribution in [0.2, 0.25) is 5.02 Å². The predicted molar refractivity (Wildman–Crippen MR) is 86.5 cm³/mol. The summed E-state index contributed by atoms with van der Waals surface area (Å²) >= 11 is 5.81. The highest BCUT2D eigenvalue weighted by atomic mass is 35.5. The van der Waals surface area contributed by atoms with Crippen LogP contribution in [0.3, 0.4) is 0 Å². The van der Waals surface area contributed by atoms with Crippen molar-refractivity contribution in [3.05, 3.63) is 40.2 Å². The lowest BCUT2D eigenvalue weighted by molar-refractivity contribution is -0.116. The van der Waals surface area contributed by atoms with E-state index in [0.29, 0.717) is 5.56 Å². The van der Waals surface area contributed by atoms with E-state index in [1.807, 2.05) is 0 Å². The highest BCUT2D eigenvalue weighted by Gasteiger charge is 2.66. The van der Waals surface area contributed by atoms with Crippen LogP contribution < -0.4 is 0 Å². The summed E-state index contributed by atoms with van der Waals surface area (Å²) in [4.78, 5) is 0. The number of halogens is 2. The highest BCUT2D eigenvalue weighted by molar-refractivity contribution is 6.30. The lowest BCUT2D eigenvalue weighted by Gasteiger charge is -2.29. The molecule has 2 bridgehead atoms. The van der Waals surface area contributed by atoms with Gasteiger partial charge in [0.2, 0.25) is 11.8 Å². The molecule has 4 rings (SSSR count). The van der Waals surface area contributed by atoms with Crippen LogP contribution in [0.15, 0.2) is 18.2 Å². The van der Waals surface area contributed by atoms with Crippen LogP contribution in [0, 0.1) is 5.82 Å². The molecule has 3 heterocycles. The van der Waals surface area contributed by atoms with E-state index < -0.39 is 23.1 Å². The van der Waals surface area contributed by atoms with Gasteiger partial charge >= 0.3 is 0 Å². The Morgan fingerprint density at radius 3 is 2.64 bits per heavy atom. The Morgan fingerprint density at radius 2 is 2.00 bits per heavy atom. The van der Waals surface area contributed by atoms with Gasteiger partial charge in [-0.2, -0.15) is 0 Å². The number of rotatable bonds is 3. The van der Waals surface area contributed by atoms with Gasteiger partial charge in [0.1, 0.15) is 11.4 Å². The minimum Gasteiger partial charge on any atom is -0.494 e. The molecular weight excluding hydrogens is 353 g/mol. The number of hydrogen-bond donors (Lipinski definition) is 4. The fraction of sp³-hybridized carbons (Fsp3) is 0.412. The molecule has 0 amide bonds. The molecule has 2 aromatic rings. The Labute approximate surface area is 147 Å². The molecule has 0 saturated carbocycles. The average molecular weight is 370 g/mol. The third kappa shape index (κ3) is 1.95. The van der Waals surface area contributed by atoms with E-state index >= 15 is 0 Å². The molecule has 2 aliphatic heterocycles. The van der Waals surface area contributed by atoms with Crippen molar-refractivity contribution in [3.8, 4) is 17.4 Å². The molecule has 1 aromatic heterocycles. The number of aromatic hydroxyl groups is 2. The van der Waals surface area contributed by atoms with E-state index in [1.165, 1.54) is 12.1 Å². The van der Waals surface area contributed by atoms with Gasteiger partial charge in [0.25, 0.3) is 0 Å². The van der Waals surface area contributed by atoms with Crippen molar-refractivity contribution < 1.29 is 29.6 Å². The zero-order chi connectivity index (χ0) is 18.1. The molecule has 0 spiro atoms. The summed E-state index contributed by atoms with van der Waals surface area (Å²) in [5.41, 5.74) is -1.41. The summed E-state index contributed by atoms with van der Waals surface area (Å²) in [7, 11) is 0. The van der Waals surface area contributed by atoms with Crippen molar-refractivity contribution in [1.29, 1.82) is 0 Å². The zero-order valence-corrected chi connectivity index (χ0v) is 14.1. The van der Waals surface area contributed by atoms with Crippen LogP contribution >= 0.6 is 11.6 Å². The van der Waals surface area contributed by atoms with E-state index in [0.717, 1.165) is 10.6 Å². The van der Waals surface area contributed by atoms with Crippen LogP contribution in [0.1, 0.15) is 30.9 Å². The smallest absolute Gasteiger partial charge is 0.205 e. The lowest BCUT2D eigenvalue weighted by atomic mass is 9.76. The maximum Gasteiger partial charge on any atom is 0.205 e. The van der Waals surface area contributed by atoms with Crippen LogP contribution in [-0.4, -0.2) is 37.7 Å². The monoisotopic (exact) mass is 369 g/mol. The van der Waals surface area contributed by atoms with Crippen LogP contribution in [0.5, 0.6) is 11.8 Å². The maximum atomic E-state index is 13.4. The zero-order valence-electron chi connectivity index (χ0n) is 13.3. The number of benzene rings is 1. The second kappa shape index (κ2) is 5.11. The molecule has 134 valence electrons. The fourth-order valence-electron chi connectivity index (χ4n) is 4.24. The topological polar surface area (TPSA) is 95.1 Å². The van der Waals surface area contributed by atoms with Gasteiger partial charge in [-0.25, -0.2) is 4.39 Å². The van der Waals surface area contributed by atoms with Gasteiger partial charge in [-0.1, -0.05) is 11.6 Å². The second-order valence-electron chi connectivity index (χ2n) is 6.75. The largest absolute Gasteiger partial charge is 0.494 e. The van der Waals surface area contributed by atoms with Crippen molar-refractivity contribution in [2.75, 3.05) is 6.61 Å². The van der Waals surface area contributed by atoms with Gasteiger partial charge in [-0.15, -0.1) is 0 Å². The quantitative estimate of drug-likeness (QED) is 0.665. The van der Waals surface area contributed by atoms with E-state index in [-0.39, 0.29) is 47.5 Å². The molecular formula is C17H17ClFNO5. The Morgan fingerprint density at radius 1 is 1.32 bits per heavy atom. The minimum absolute atomic E-state index is 0.0674. The molecule has 3 atom stereocenters. The van der Waals surface area contributed by atoms with Crippen molar-refractivity contribution in [1.82, 2.24) is 4.57 Å². The molecule has 2 aliphatic rings. The molecule has 0 radical (unpaired) electrons. The van der Waals surface area contributed by atoms with Gasteiger partial charge in [0.15, 0.2) is 0 Å². The lowest BCUT2D eigenvalue weighted by Crippen LogP contribution is -2.37. The van der Waals surface area contributed by atoms with Gasteiger partial charge in [-0.05, 0) is 25.1 Å². The fourth-order valence-corrected chi connectivity index (χ4v) is 4.42. The Balaban J connectivity index is 1.98. The summed E-state index contributed by atoms with van der Waals surface area (Å²) in [5, 5.41) is 41.3. The van der Waals surface area contributed by atoms with Gasteiger partial charge in [0.05, 0.1) is 33.5 Å². The van der Waals surface area contributed by atoms with Gasteiger partial charge in [0, 0.05) is 19.4 Å². The first kappa shape index (κ1) is 16.7. The van der Waals surface area contributed by atoms with Crippen molar-refractivity contribution in [3.63, 3.8) is 0 Å². The molecule has 8 heteroatoms. The van der Waals surface area contributed by atoms with Crippen LogP contribution in [0.4, 0.5) is 4.39 Å². The molecule has 0 aliphatic carbocycles. The molecule has 25 heavy (non-hydrogen) atoms. The summed E-state index contributed by atoms with van der Waals surface area (Å²) in [6, 6.07) is 3.79. The maximum absolute atomic E-state index is 13.4. The number of nitrogens with zero attached hydrogens (tertiary/aromatic N) is 1. The summed E-state index contributed by atoms with van der Waals surface area (Å²) in [6.45, 7) is 1.45. The number of aromatic nitrogens is 1. The standard InChI is InChI=1S/C17H17ClFNO5/c1-16-7-11(22)17(25-16,4-5-21)13-12(16)14(23)20(15(13)24)8-2-3-10(19)9(18)6-8/h2-3,6,11,21-24H,4-5,7H2,1H3/t11-,16+,17-/m0/s1. The first-order chi connectivity index (χ1) is 11.7. The van der Waals surface area contributed by atoms with Crippen molar-refractivity contribution in [2.45, 2.75) is 37.1 Å². The average Bonchev–Trinajstić information content (AvgIpc) is 3.06. The number of fused-ring (bicyclic) bond motifs is 5. The molecule has 1 saturated heterocycles. The number of aliphatic hydroxyl groups excluding tert-OH is 2. The Hall–Kier alpha value is -1.80. The molecule has 1 fully saturated rings. The molecule has 6 nitrogen and oxygen atoms in total. The highest BCUT2D eigenvalue weighted by Crippen LogP contribution is 2.65. The van der Waals surface area contributed by atoms with Crippen molar-refractivity contribution >= 4 is 11.6 Å². The first-order valence-electron chi connectivity index (χ1n) is 7.87. The number of aliphatic hydroxyl groups is 2. The molecule has 0 unspecified atom stereocenters. The Kier molecular flexibility index (Phi) is 3.40. The van der Waals surface area contributed by atoms with Crippen LogP contribution in [-0.2, 0) is 15.9 Å². The Bertz CT molecular complexity index is 884. The van der Waals surface area contributed by atoms with Crippen LogP contribution in [0.25, 0.3) is 5.69 Å². The normalized spacial score (nSPS) is 30.0.